The average Bonchev–Trinajstić information content (AvgIpc) is 2.95. The molecule has 0 saturated heterocycles. The number of anilines is 2. The highest BCUT2D eigenvalue weighted by Gasteiger charge is 2.09. The molecule has 0 amide bonds. The van der Waals surface area contributed by atoms with Gasteiger partial charge in [-0.05, 0) is 73.4 Å². The van der Waals surface area contributed by atoms with E-state index in [1.165, 1.54) is 25.7 Å². The maximum Gasteiger partial charge on any atom is 0.338 e. The van der Waals surface area contributed by atoms with E-state index in [9.17, 15) is 9.59 Å². The molecular weight excluding hydrogens is 516 g/mol. The molecule has 0 aromatic heterocycles. The third-order valence-electron chi connectivity index (χ3n) is 6.60. The van der Waals surface area contributed by atoms with Crippen LogP contribution >= 0.6 is 0 Å². The van der Waals surface area contributed by atoms with Crippen LogP contribution in [0.1, 0.15) is 75.1 Å². The van der Waals surface area contributed by atoms with Gasteiger partial charge in [0.15, 0.2) is 0 Å². The SMILES string of the molecule is C=C(C)C(=O)Oc1ccc(-c2ccc(OCCCCCCCCCCCOC(=O)c3cc(N)cc(N)c3)cc2)cc1. The van der Waals surface area contributed by atoms with Gasteiger partial charge in [0.2, 0.25) is 0 Å². The first-order chi connectivity index (χ1) is 19.8. The van der Waals surface area contributed by atoms with Gasteiger partial charge < -0.3 is 25.7 Å². The average molecular weight is 559 g/mol. The zero-order chi connectivity index (χ0) is 29.5. The number of nitrogen functional groups attached to an aromatic ring is 2. The van der Waals surface area contributed by atoms with Crippen molar-refractivity contribution in [2.24, 2.45) is 0 Å². The number of carbonyl (C=O) groups is 2. The first kappa shape index (κ1) is 31.3. The van der Waals surface area contributed by atoms with Crippen molar-refractivity contribution in [2.45, 2.75) is 64.7 Å². The van der Waals surface area contributed by atoms with E-state index in [2.05, 4.69) is 6.58 Å². The number of carbonyl (C=O) groups excluding carboxylic acids is 2. The fraction of sp³-hybridized carbons (Fsp3) is 0.353. The summed E-state index contributed by atoms with van der Waals surface area (Å²) in [5.41, 5.74) is 15.2. The molecule has 0 aliphatic rings. The van der Waals surface area contributed by atoms with Gasteiger partial charge in [0.25, 0.3) is 0 Å². The third-order valence-corrected chi connectivity index (χ3v) is 6.60. The van der Waals surface area contributed by atoms with Gasteiger partial charge >= 0.3 is 11.9 Å². The van der Waals surface area contributed by atoms with Crippen molar-refractivity contribution in [2.75, 3.05) is 24.7 Å². The molecule has 7 nitrogen and oxygen atoms in total. The summed E-state index contributed by atoms with van der Waals surface area (Å²) in [5, 5.41) is 0. The number of rotatable bonds is 17. The maximum absolute atomic E-state index is 12.1. The predicted molar refractivity (Wildman–Crippen MR) is 165 cm³/mol. The van der Waals surface area contributed by atoms with Crippen LogP contribution in [0.5, 0.6) is 11.5 Å². The van der Waals surface area contributed by atoms with Crippen LogP contribution in [0.2, 0.25) is 0 Å². The lowest BCUT2D eigenvalue weighted by Gasteiger charge is -2.09. The Morgan fingerprint density at radius 3 is 1.63 bits per heavy atom. The van der Waals surface area contributed by atoms with Crippen LogP contribution in [0, 0.1) is 0 Å². The van der Waals surface area contributed by atoms with E-state index >= 15 is 0 Å². The van der Waals surface area contributed by atoms with Crippen LogP contribution in [-0.2, 0) is 9.53 Å². The smallest absolute Gasteiger partial charge is 0.338 e. The van der Waals surface area contributed by atoms with Gasteiger partial charge in [0, 0.05) is 16.9 Å². The lowest BCUT2D eigenvalue weighted by molar-refractivity contribution is -0.130. The Labute approximate surface area is 243 Å². The molecule has 0 aliphatic carbocycles. The Hall–Kier alpha value is -4.26. The minimum atomic E-state index is -0.425. The molecule has 7 heteroatoms. The van der Waals surface area contributed by atoms with Crippen LogP contribution in [0.4, 0.5) is 11.4 Å². The lowest BCUT2D eigenvalue weighted by atomic mass is 10.1. The Morgan fingerprint density at radius 1 is 0.659 bits per heavy atom. The van der Waals surface area contributed by atoms with E-state index in [0.717, 1.165) is 49.0 Å². The van der Waals surface area contributed by atoms with Gasteiger partial charge in [0.05, 0.1) is 18.8 Å². The second-order valence-corrected chi connectivity index (χ2v) is 10.3. The predicted octanol–water partition coefficient (Wildman–Crippen LogP) is 7.75. The van der Waals surface area contributed by atoms with E-state index in [1.54, 1.807) is 37.3 Å². The monoisotopic (exact) mass is 558 g/mol. The highest BCUT2D eigenvalue weighted by molar-refractivity contribution is 5.91. The van der Waals surface area contributed by atoms with Crippen molar-refractivity contribution < 1.29 is 23.8 Å². The summed E-state index contributed by atoms with van der Waals surface area (Å²) in [6.07, 6.45) is 10.1. The number of esters is 2. The van der Waals surface area contributed by atoms with E-state index < -0.39 is 5.97 Å². The summed E-state index contributed by atoms with van der Waals surface area (Å²) in [4.78, 5) is 23.7. The molecule has 3 rings (SSSR count). The van der Waals surface area contributed by atoms with Gasteiger partial charge in [0.1, 0.15) is 11.5 Å². The second kappa shape index (κ2) is 16.8. The lowest BCUT2D eigenvalue weighted by Crippen LogP contribution is -2.07. The van der Waals surface area contributed by atoms with Crippen molar-refractivity contribution in [1.29, 1.82) is 0 Å². The Morgan fingerprint density at radius 2 is 1.12 bits per heavy atom. The summed E-state index contributed by atoms with van der Waals surface area (Å²) >= 11 is 0. The molecule has 0 unspecified atom stereocenters. The molecule has 4 N–H and O–H groups in total. The topological polar surface area (TPSA) is 114 Å². The maximum atomic E-state index is 12.1. The van der Waals surface area contributed by atoms with Gasteiger partial charge in [-0.1, -0.05) is 75.8 Å². The van der Waals surface area contributed by atoms with Crippen LogP contribution in [-0.4, -0.2) is 25.2 Å². The minimum Gasteiger partial charge on any atom is -0.494 e. The van der Waals surface area contributed by atoms with Gasteiger partial charge in [-0.2, -0.15) is 0 Å². The van der Waals surface area contributed by atoms with Crippen LogP contribution in [0.25, 0.3) is 11.1 Å². The van der Waals surface area contributed by atoms with Crippen molar-refractivity contribution >= 4 is 23.3 Å². The number of benzene rings is 3. The number of hydrogen-bond acceptors (Lipinski definition) is 7. The second-order valence-electron chi connectivity index (χ2n) is 10.3. The van der Waals surface area contributed by atoms with Gasteiger partial charge in [-0.15, -0.1) is 0 Å². The molecule has 0 atom stereocenters. The van der Waals surface area contributed by atoms with Crippen LogP contribution < -0.4 is 20.9 Å². The zero-order valence-electron chi connectivity index (χ0n) is 24.0. The molecular formula is C34H42N2O5. The summed E-state index contributed by atoms with van der Waals surface area (Å²) < 4.78 is 16.5. The molecule has 0 bridgehead atoms. The standard InChI is InChI=1S/C34H42N2O5/c1-25(2)33(37)41-32-18-14-27(15-19-32)26-12-16-31(17-13-26)39-20-10-8-6-4-3-5-7-9-11-21-40-34(38)28-22-29(35)24-30(36)23-28/h12-19,22-24H,1,3-11,20-21,35-36H2,2H3. The number of hydrogen-bond donors (Lipinski definition) is 2. The highest BCUT2D eigenvalue weighted by atomic mass is 16.5. The zero-order valence-corrected chi connectivity index (χ0v) is 24.0. The molecule has 218 valence electrons. The molecule has 0 saturated carbocycles. The van der Waals surface area contributed by atoms with Crippen LogP contribution in [0.15, 0.2) is 78.9 Å². The molecule has 0 fully saturated rings. The number of ether oxygens (including phenoxy) is 3. The van der Waals surface area contributed by atoms with Crippen molar-refractivity contribution in [3.05, 3.63) is 84.4 Å². The van der Waals surface area contributed by atoms with E-state index in [0.29, 0.717) is 41.5 Å². The first-order valence-electron chi connectivity index (χ1n) is 14.4. The highest BCUT2D eigenvalue weighted by Crippen LogP contribution is 2.25. The fourth-order valence-electron chi connectivity index (χ4n) is 4.33. The molecule has 41 heavy (non-hydrogen) atoms. The molecule has 0 aliphatic heterocycles. The molecule has 3 aromatic carbocycles. The molecule has 0 heterocycles. The Kier molecular flexibility index (Phi) is 12.8. The fourth-order valence-corrected chi connectivity index (χ4v) is 4.33. The van der Waals surface area contributed by atoms with Gasteiger partial charge in [-0.3, -0.25) is 0 Å². The molecule has 0 radical (unpaired) electrons. The summed E-state index contributed by atoms with van der Waals surface area (Å²) in [5.74, 6) is 0.562. The summed E-state index contributed by atoms with van der Waals surface area (Å²) in [6.45, 7) is 6.34. The Bertz CT molecular complexity index is 1250. The van der Waals surface area contributed by atoms with E-state index in [4.69, 9.17) is 25.7 Å². The van der Waals surface area contributed by atoms with Crippen molar-refractivity contribution in [3.8, 4) is 22.6 Å². The van der Waals surface area contributed by atoms with Crippen LogP contribution in [0.3, 0.4) is 0 Å². The quantitative estimate of drug-likeness (QED) is 0.0572. The van der Waals surface area contributed by atoms with Gasteiger partial charge in [-0.25, -0.2) is 9.59 Å². The summed E-state index contributed by atoms with van der Waals surface area (Å²) in [7, 11) is 0. The van der Waals surface area contributed by atoms with Crippen molar-refractivity contribution in [1.82, 2.24) is 0 Å². The Balaban J connectivity index is 1.18. The van der Waals surface area contributed by atoms with E-state index in [1.807, 2.05) is 36.4 Å². The van der Waals surface area contributed by atoms with Crippen molar-refractivity contribution in [3.63, 3.8) is 0 Å². The normalized spacial score (nSPS) is 10.7. The largest absolute Gasteiger partial charge is 0.494 e. The molecule has 3 aromatic rings. The van der Waals surface area contributed by atoms with E-state index in [-0.39, 0.29) is 5.97 Å². The molecule has 0 spiro atoms. The first-order valence-corrected chi connectivity index (χ1v) is 14.4. The number of unbranched alkanes of at least 4 members (excludes halogenated alkanes) is 8. The third kappa shape index (κ3) is 11.4. The number of nitrogens with two attached hydrogens (primary N) is 2. The summed E-state index contributed by atoms with van der Waals surface area (Å²) in [6, 6.07) is 20.2. The minimum absolute atomic E-state index is 0.369.